The molecule has 3 rings (SSSR count). The second-order valence-electron chi connectivity index (χ2n) is 6.35. The number of benzene rings is 2. The maximum Gasteiger partial charge on any atom is 0.321 e. The van der Waals surface area contributed by atoms with Crippen molar-refractivity contribution in [3.63, 3.8) is 0 Å². The lowest BCUT2D eigenvalue weighted by molar-refractivity contribution is 0.0949. The Kier molecular flexibility index (Phi) is 5.59. The number of nitrogens with one attached hydrogen (secondary N) is 1. The number of nitrogens with zero attached hydrogens (tertiary/aromatic N) is 2. The van der Waals surface area contributed by atoms with Crippen LogP contribution in [0.4, 0.5) is 0 Å². The maximum absolute atomic E-state index is 12.2. The molecule has 1 heterocycles. The first-order chi connectivity index (χ1) is 12.6. The molecule has 1 aromatic heterocycles. The number of carbonyl (C=O) groups is 1. The van der Waals surface area contributed by atoms with Crippen molar-refractivity contribution in [1.82, 2.24) is 15.3 Å². The van der Waals surface area contributed by atoms with Gasteiger partial charge in [-0.1, -0.05) is 44.2 Å². The maximum atomic E-state index is 12.2. The molecule has 0 aliphatic heterocycles. The van der Waals surface area contributed by atoms with Gasteiger partial charge in [0.25, 0.3) is 5.91 Å². The zero-order valence-corrected chi connectivity index (χ0v) is 14.8. The Morgan fingerprint density at radius 2 is 1.73 bits per heavy atom. The SMILES string of the molecule is CC(C)CNC(=O)c1cccc(-c2cnc(Oc3ccccc3)nc2)c1. The minimum absolute atomic E-state index is 0.0782. The number of ether oxygens (including phenoxy) is 1. The predicted molar refractivity (Wildman–Crippen MR) is 101 cm³/mol. The van der Waals surface area contributed by atoms with Gasteiger partial charge in [-0.25, -0.2) is 9.97 Å². The highest BCUT2D eigenvalue weighted by atomic mass is 16.5. The lowest BCUT2D eigenvalue weighted by Gasteiger charge is -2.09. The van der Waals surface area contributed by atoms with Gasteiger partial charge in [-0.15, -0.1) is 0 Å². The third-order valence-corrected chi connectivity index (χ3v) is 3.71. The molecule has 0 saturated carbocycles. The smallest absolute Gasteiger partial charge is 0.321 e. The molecule has 5 nitrogen and oxygen atoms in total. The largest absolute Gasteiger partial charge is 0.424 e. The Morgan fingerprint density at radius 3 is 2.42 bits per heavy atom. The van der Waals surface area contributed by atoms with E-state index in [2.05, 4.69) is 29.1 Å². The normalized spacial score (nSPS) is 10.6. The summed E-state index contributed by atoms with van der Waals surface area (Å²) in [4.78, 5) is 20.7. The van der Waals surface area contributed by atoms with E-state index in [0.29, 0.717) is 23.8 Å². The second kappa shape index (κ2) is 8.25. The average molecular weight is 347 g/mol. The van der Waals surface area contributed by atoms with Crippen LogP contribution in [0.1, 0.15) is 24.2 Å². The van der Waals surface area contributed by atoms with Crippen molar-refractivity contribution in [2.45, 2.75) is 13.8 Å². The number of rotatable bonds is 6. The van der Waals surface area contributed by atoms with Gasteiger partial charge in [0.15, 0.2) is 0 Å². The minimum atomic E-state index is -0.0782. The van der Waals surface area contributed by atoms with E-state index >= 15 is 0 Å². The first-order valence-electron chi connectivity index (χ1n) is 8.55. The lowest BCUT2D eigenvalue weighted by Crippen LogP contribution is -2.27. The molecule has 0 aliphatic carbocycles. The molecule has 0 aliphatic rings. The van der Waals surface area contributed by atoms with Crippen LogP contribution in [0.3, 0.4) is 0 Å². The van der Waals surface area contributed by atoms with Crippen LogP contribution in [-0.2, 0) is 0 Å². The number of carbonyl (C=O) groups excluding carboxylic acids is 1. The van der Waals surface area contributed by atoms with Gasteiger partial charge in [0.2, 0.25) is 0 Å². The Labute approximate surface area is 153 Å². The van der Waals surface area contributed by atoms with Crippen LogP contribution in [-0.4, -0.2) is 22.4 Å². The Bertz CT molecular complexity index is 862. The molecular weight excluding hydrogens is 326 g/mol. The van der Waals surface area contributed by atoms with Gasteiger partial charge >= 0.3 is 6.01 Å². The number of hydrogen-bond acceptors (Lipinski definition) is 4. The van der Waals surface area contributed by atoms with Gasteiger partial charge in [0.05, 0.1) is 0 Å². The molecule has 26 heavy (non-hydrogen) atoms. The van der Waals surface area contributed by atoms with E-state index in [1.54, 1.807) is 18.5 Å². The van der Waals surface area contributed by atoms with Crippen LogP contribution in [0.25, 0.3) is 11.1 Å². The second-order valence-corrected chi connectivity index (χ2v) is 6.35. The fraction of sp³-hybridized carbons (Fsp3) is 0.190. The van der Waals surface area contributed by atoms with E-state index in [9.17, 15) is 4.79 Å². The molecular formula is C21H21N3O2. The molecule has 2 aromatic carbocycles. The molecule has 1 N–H and O–H groups in total. The van der Waals surface area contributed by atoms with Crippen LogP contribution in [0.15, 0.2) is 67.0 Å². The van der Waals surface area contributed by atoms with Gasteiger partial charge in [-0.2, -0.15) is 0 Å². The number of para-hydroxylation sites is 1. The van der Waals surface area contributed by atoms with Crippen LogP contribution in [0.5, 0.6) is 11.8 Å². The summed E-state index contributed by atoms with van der Waals surface area (Å²) >= 11 is 0. The van der Waals surface area contributed by atoms with Crippen molar-refractivity contribution >= 4 is 5.91 Å². The topological polar surface area (TPSA) is 64.1 Å². The molecule has 0 saturated heterocycles. The van der Waals surface area contributed by atoms with Gasteiger partial charge in [0.1, 0.15) is 5.75 Å². The van der Waals surface area contributed by atoms with Crippen molar-refractivity contribution in [1.29, 1.82) is 0 Å². The van der Waals surface area contributed by atoms with E-state index < -0.39 is 0 Å². The fourth-order valence-electron chi connectivity index (χ4n) is 2.35. The van der Waals surface area contributed by atoms with Gasteiger partial charge in [-0.3, -0.25) is 4.79 Å². The third-order valence-electron chi connectivity index (χ3n) is 3.71. The molecule has 0 fully saturated rings. The fourth-order valence-corrected chi connectivity index (χ4v) is 2.35. The molecule has 0 spiro atoms. The van der Waals surface area contributed by atoms with Crippen LogP contribution in [0, 0.1) is 5.92 Å². The molecule has 5 heteroatoms. The first-order valence-corrected chi connectivity index (χ1v) is 8.55. The number of amides is 1. The zero-order chi connectivity index (χ0) is 18.4. The molecule has 0 bridgehead atoms. The highest BCUT2D eigenvalue weighted by Gasteiger charge is 2.08. The number of aromatic nitrogens is 2. The highest BCUT2D eigenvalue weighted by Crippen LogP contribution is 2.22. The molecule has 132 valence electrons. The van der Waals surface area contributed by atoms with E-state index in [0.717, 1.165) is 11.1 Å². The van der Waals surface area contributed by atoms with Crippen molar-refractivity contribution in [2.75, 3.05) is 6.54 Å². The van der Waals surface area contributed by atoms with E-state index in [1.807, 2.05) is 48.5 Å². The lowest BCUT2D eigenvalue weighted by atomic mass is 10.1. The van der Waals surface area contributed by atoms with E-state index in [-0.39, 0.29) is 11.9 Å². The van der Waals surface area contributed by atoms with Crippen LogP contribution in [0.2, 0.25) is 0 Å². The monoisotopic (exact) mass is 347 g/mol. The molecule has 0 atom stereocenters. The Balaban J connectivity index is 1.73. The Morgan fingerprint density at radius 1 is 1.00 bits per heavy atom. The first kappa shape index (κ1) is 17.6. The zero-order valence-electron chi connectivity index (χ0n) is 14.8. The summed E-state index contributed by atoms with van der Waals surface area (Å²) < 4.78 is 5.60. The quantitative estimate of drug-likeness (QED) is 0.721. The van der Waals surface area contributed by atoms with Crippen LogP contribution >= 0.6 is 0 Å². The number of hydrogen-bond donors (Lipinski definition) is 1. The molecule has 3 aromatic rings. The van der Waals surface area contributed by atoms with E-state index in [1.165, 1.54) is 0 Å². The van der Waals surface area contributed by atoms with Crippen LogP contribution < -0.4 is 10.1 Å². The third kappa shape index (κ3) is 4.66. The molecule has 0 radical (unpaired) electrons. The summed E-state index contributed by atoms with van der Waals surface area (Å²) in [7, 11) is 0. The van der Waals surface area contributed by atoms with E-state index in [4.69, 9.17) is 4.74 Å². The summed E-state index contributed by atoms with van der Waals surface area (Å²) in [5, 5.41) is 2.92. The standard InChI is InChI=1S/C21H21N3O2/c1-15(2)12-22-20(25)17-8-6-7-16(11-17)18-13-23-21(24-14-18)26-19-9-4-3-5-10-19/h3-11,13-15H,12H2,1-2H3,(H,22,25). The Hall–Kier alpha value is -3.21. The van der Waals surface area contributed by atoms with Crippen molar-refractivity contribution in [2.24, 2.45) is 5.92 Å². The summed E-state index contributed by atoms with van der Waals surface area (Å²) in [6.45, 7) is 4.78. The van der Waals surface area contributed by atoms with Gasteiger partial charge in [-0.05, 0) is 35.7 Å². The molecule has 1 amide bonds. The van der Waals surface area contributed by atoms with Crippen molar-refractivity contribution in [3.05, 3.63) is 72.6 Å². The average Bonchev–Trinajstić information content (AvgIpc) is 2.67. The predicted octanol–water partition coefficient (Wildman–Crippen LogP) is 4.32. The summed E-state index contributed by atoms with van der Waals surface area (Å²) in [5.74, 6) is 1.02. The minimum Gasteiger partial charge on any atom is -0.424 e. The summed E-state index contributed by atoms with van der Waals surface area (Å²) in [5.41, 5.74) is 2.32. The van der Waals surface area contributed by atoms with Crippen molar-refractivity contribution in [3.8, 4) is 22.9 Å². The molecule has 0 unspecified atom stereocenters. The highest BCUT2D eigenvalue weighted by molar-refractivity contribution is 5.95. The van der Waals surface area contributed by atoms with Gasteiger partial charge in [0, 0.05) is 30.1 Å². The van der Waals surface area contributed by atoms with Gasteiger partial charge < -0.3 is 10.1 Å². The van der Waals surface area contributed by atoms with Crippen molar-refractivity contribution < 1.29 is 9.53 Å². The summed E-state index contributed by atoms with van der Waals surface area (Å²) in [6, 6.07) is 17.1. The summed E-state index contributed by atoms with van der Waals surface area (Å²) in [6.07, 6.45) is 3.38.